The van der Waals surface area contributed by atoms with Gasteiger partial charge < -0.3 is 16.0 Å². The Morgan fingerprint density at radius 2 is 1.65 bits per heavy atom. The zero-order valence-corrected chi connectivity index (χ0v) is 14.6. The largest absolute Gasteiger partial charge is 0.405 e. The lowest BCUT2D eigenvalue weighted by molar-refractivity contribution is -0.124. The van der Waals surface area contributed by atoms with Crippen molar-refractivity contribution in [3.05, 3.63) is 29.8 Å². The Bertz CT molecular complexity index is 669. The molecule has 0 atom stereocenters. The molecule has 0 aromatic heterocycles. The Morgan fingerprint density at radius 3 is 2.23 bits per heavy atom. The van der Waals surface area contributed by atoms with Crippen LogP contribution in [0.25, 0.3) is 0 Å². The number of anilines is 1. The van der Waals surface area contributed by atoms with Crippen LogP contribution in [0.1, 0.15) is 31.1 Å². The van der Waals surface area contributed by atoms with Gasteiger partial charge in [0.1, 0.15) is 6.54 Å². The molecule has 1 aromatic carbocycles. The Kier molecular flexibility index (Phi) is 6.99. The van der Waals surface area contributed by atoms with Crippen molar-refractivity contribution in [3.63, 3.8) is 0 Å². The van der Waals surface area contributed by atoms with Crippen molar-refractivity contribution in [1.29, 1.82) is 0 Å². The summed E-state index contributed by atoms with van der Waals surface area (Å²) in [6, 6.07) is 5.15. The van der Waals surface area contributed by atoms with E-state index in [0.29, 0.717) is 5.69 Å². The smallest absolute Gasteiger partial charge is 0.375 e. The van der Waals surface area contributed by atoms with Gasteiger partial charge in [-0.1, -0.05) is 12.1 Å². The number of nitrogens with one attached hydrogen (secondary N) is 4. The number of carbonyl (C=O) groups excluding carboxylic acids is 3. The fourth-order valence-electron chi connectivity index (χ4n) is 1.81. The molecule has 0 saturated heterocycles. The van der Waals surface area contributed by atoms with Crippen molar-refractivity contribution in [2.75, 3.05) is 18.4 Å². The number of benzene rings is 1. The molecule has 0 bridgehead atoms. The van der Waals surface area contributed by atoms with E-state index in [1.165, 1.54) is 5.32 Å². The number of urea groups is 1. The second kappa shape index (κ2) is 8.54. The lowest BCUT2D eigenvalue weighted by atomic mass is 10.1. The molecule has 0 saturated carbocycles. The van der Waals surface area contributed by atoms with Gasteiger partial charge in [-0.3, -0.25) is 14.9 Å². The van der Waals surface area contributed by atoms with Gasteiger partial charge in [-0.15, -0.1) is 0 Å². The number of hydrogen-bond acceptors (Lipinski definition) is 4. The minimum absolute atomic E-state index is 0.289. The quantitative estimate of drug-likeness (QED) is 0.634. The lowest BCUT2D eigenvalue weighted by Gasteiger charge is -2.21. The summed E-state index contributed by atoms with van der Waals surface area (Å²) in [4.78, 5) is 35.1. The summed E-state index contributed by atoms with van der Waals surface area (Å²) in [5, 5.41) is 8.74. The van der Waals surface area contributed by atoms with Gasteiger partial charge in [0.15, 0.2) is 0 Å². The number of hydrogen-bond donors (Lipinski definition) is 4. The van der Waals surface area contributed by atoms with Crippen molar-refractivity contribution in [2.24, 2.45) is 0 Å². The average molecular weight is 374 g/mol. The molecule has 26 heavy (non-hydrogen) atoms. The molecule has 144 valence electrons. The van der Waals surface area contributed by atoms with E-state index in [4.69, 9.17) is 0 Å². The molecular weight excluding hydrogens is 353 g/mol. The van der Waals surface area contributed by atoms with Crippen LogP contribution in [0.4, 0.5) is 23.7 Å². The highest BCUT2D eigenvalue weighted by Gasteiger charge is 2.28. The van der Waals surface area contributed by atoms with E-state index < -0.39 is 36.7 Å². The maximum absolute atomic E-state index is 12.3. The molecule has 0 aliphatic rings. The maximum Gasteiger partial charge on any atom is 0.405 e. The summed E-state index contributed by atoms with van der Waals surface area (Å²) in [6.45, 7) is 3.49. The molecule has 0 unspecified atom stereocenters. The Morgan fingerprint density at radius 1 is 1.04 bits per heavy atom. The minimum Gasteiger partial charge on any atom is -0.375 e. The molecule has 0 radical (unpaired) electrons. The van der Waals surface area contributed by atoms with Crippen LogP contribution >= 0.6 is 0 Å². The first-order chi connectivity index (χ1) is 11.9. The van der Waals surface area contributed by atoms with Gasteiger partial charge in [0.25, 0.3) is 5.91 Å². The second-order valence-corrected chi connectivity index (χ2v) is 6.45. The van der Waals surface area contributed by atoms with Crippen LogP contribution in [0.3, 0.4) is 0 Å². The van der Waals surface area contributed by atoms with E-state index in [-0.39, 0.29) is 11.5 Å². The lowest BCUT2D eigenvalue weighted by Crippen LogP contribution is -2.45. The molecule has 4 N–H and O–H groups in total. The summed E-state index contributed by atoms with van der Waals surface area (Å²) >= 11 is 0. The molecule has 1 aromatic rings. The van der Waals surface area contributed by atoms with E-state index in [0.717, 1.165) is 0 Å². The predicted octanol–water partition coefficient (Wildman–Crippen LogP) is 2.01. The maximum atomic E-state index is 12.3. The summed E-state index contributed by atoms with van der Waals surface area (Å²) in [7, 11) is 0. The third kappa shape index (κ3) is 8.36. The normalized spacial score (nSPS) is 11.5. The Balaban J connectivity index is 2.61. The van der Waals surface area contributed by atoms with Crippen LogP contribution in [0.2, 0.25) is 0 Å². The number of imide groups is 1. The van der Waals surface area contributed by atoms with Crippen LogP contribution in [0.15, 0.2) is 24.3 Å². The highest BCUT2D eigenvalue weighted by atomic mass is 19.4. The summed E-state index contributed by atoms with van der Waals surface area (Å²) < 4.78 is 35.9. The third-order valence-corrected chi connectivity index (χ3v) is 2.80. The van der Waals surface area contributed by atoms with Crippen molar-refractivity contribution in [3.8, 4) is 0 Å². The van der Waals surface area contributed by atoms with Crippen LogP contribution in [0.5, 0.6) is 0 Å². The van der Waals surface area contributed by atoms with E-state index in [1.807, 2.05) is 20.8 Å². The van der Waals surface area contributed by atoms with Crippen molar-refractivity contribution in [2.45, 2.75) is 32.5 Å². The third-order valence-electron chi connectivity index (χ3n) is 2.80. The van der Waals surface area contributed by atoms with Crippen molar-refractivity contribution >= 4 is 23.5 Å². The van der Waals surface area contributed by atoms with Crippen LogP contribution in [0, 0.1) is 0 Å². The molecule has 0 spiro atoms. The van der Waals surface area contributed by atoms with E-state index in [9.17, 15) is 27.6 Å². The summed E-state index contributed by atoms with van der Waals surface area (Å²) in [6.07, 6.45) is -4.57. The number of halogens is 3. The van der Waals surface area contributed by atoms with E-state index in [2.05, 4.69) is 10.6 Å². The first kappa shape index (κ1) is 21.3. The molecule has 0 heterocycles. The van der Waals surface area contributed by atoms with Crippen LogP contribution < -0.4 is 21.3 Å². The average Bonchev–Trinajstić information content (AvgIpc) is 2.49. The molecule has 10 heteroatoms. The SMILES string of the molecule is CC(C)(C)NC(=O)c1ccccc1NCC(=O)NC(=O)NCC(F)(F)F. The second-order valence-electron chi connectivity index (χ2n) is 6.45. The zero-order chi connectivity index (χ0) is 20.0. The monoisotopic (exact) mass is 374 g/mol. The molecule has 0 fully saturated rings. The molecule has 0 aliphatic heterocycles. The van der Waals surface area contributed by atoms with Gasteiger partial charge in [-0.05, 0) is 32.9 Å². The number of para-hydroxylation sites is 1. The number of amides is 4. The first-order valence-corrected chi connectivity index (χ1v) is 7.67. The molecule has 4 amide bonds. The van der Waals surface area contributed by atoms with Crippen molar-refractivity contribution < 1.29 is 27.6 Å². The van der Waals surface area contributed by atoms with Gasteiger partial charge in [0, 0.05) is 11.2 Å². The Hall–Kier alpha value is -2.78. The number of rotatable bonds is 5. The highest BCUT2D eigenvalue weighted by Crippen LogP contribution is 2.16. The molecule has 1 rings (SSSR count). The van der Waals surface area contributed by atoms with E-state index in [1.54, 1.807) is 29.6 Å². The molecule has 7 nitrogen and oxygen atoms in total. The standard InChI is InChI=1S/C16H21F3N4O3/c1-15(2,3)23-13(25)10-6-4-5-7-11(10)20-8-12(24)22-14(26)21-9-16(17,18)19/h4-7,20H,8-9H2,1-3H3,(H,23,25)(H2,21,22,24,26). The number of carbonyl (C=O) groups is 3. The van der Waals surface area contributed by atoms with Crippen LogP contribution in [-0.4, -0.2) is 42.7 Å². The van der Waals surface area contributed by atoms with Gasteiger partial charge in [0.2, 0.25) is 5.91 Å². The first-order valence-electron chi connectivity index (χ1n) is 7.67. The summed E-state index contributed by atoms with van der Waals surface area (Å²) in [5.41, 5.74) is 0.176. The van der Waals surface area contributed by atoms with Gasteiger partial charge in [-0.2, -0.15) is 13.2 Å². The fraction of sp³-hybridized carbons (Fsp3) is 0.438. The van der Waals surface area contributed by atoms with Crippen LogP contribution in [-0.2, 0) is 4.79 Å². The van der Waals surface area contributed by atoms with Gasteiger partial charge in [-0.25, -0.2) is 4.79 Å². The van der Waals surface area contributed by atoms with Crippen molar-refractivity contribution in [1.82, 2.24) is 16.0 Å². The summed E-state index contributed by atoms with van der Waals surface area (Å²) in [5.74, 6) is -1.21. The highest BCUT2D eigenvalue weighted by molar-refractivity contribution is 6.01. The Labute approximate surface area is 148 Å². The fourth-order valence-corrected chi connectivity index (χ4v) is 1.81. The van der Waals surface area contributed by atoms with Gasteiger partial charge >= 0.3 is 12.2 Å². The molecule has 0 aliphatic carbocycles. The zero-order valence-electron chi connectivity index (χ0n) is 14.6. The predicted molar refractivity (Wildman–Crippen MR) is 89.7 cm³/mol. The number of alkyl halides is 3. The minimum atomic E-state index is -4.57. The van der Waals surface area contributed by atoms with Gasteiger partial charge in [0.05, 0.1) is 12.1 Å². The topological polar surface area (TPSA) is 99.3 Å². The molecular formula is C16H21F3N4O3. The van der Waals surface area contributed by atoms with E-state index >= 15 is 0 Å².